The summed E-state index contributed by atoms with van der Waals surface area (Å²) in [4.78, 5) is 20.6. The lowest BCUT2D eigenvalue weighted by Crippen LogP contribution is -2.05. The predicted octanol–water partition coefficient (Wildman–Crippen LogP) is 13.8. The Kier molecular flexibility index (Phi) is 8.55. The zero-order chi connectivity index (χ0) is 37.3. The van der Waals surface area contributed by atoms with Crippen LogP contribution >= 0.6 is 10.0 Å². The summed E-state index contributed by atoms with van der Waals surface area (Å²) in [5.41, 5.74) is 6.64. The molecule has 0 unspecified atom stereocenters. The SMILES string of the molecule is c1ccc(-c2ccc(-c3nc(-c4ccc(S(c5ccccc5)(c5ccccc5)c5ccccc5)cc4)nc(-c4cccc5oc6ccccc6c45)n3)cc2)cc1. The first-order valence-electron chi connectivity index (χ1n) is 18.7. The van der Waals surface area contributed by atoms with Crippen molar-refractivity contribution in [1.82, 2.24) is 15.0 Å². The summed E-state index contributed by atoms with van der Waals surface area (Å²) in [5.74, 6) is 1.81. The van der Waals surface area contributed by atoms with E-state index in [0.29, 0.717) is 17.5 Å². The predicted molar refractivity (Wildman–Crippen MR) is 229 cm³/mol. The third-order valence-electron chi connectivity index (χ3n) is 10.3. The molecule has 2 heterocycles. The number of fused-ring (bicyclic) bond motifs is 3. The minimum absolute atomic E-state index is 0.594. The topological polar surface area (TPSA) is 51.8 Å². The number of hydrogen-bond acceptors (Lipinski definition) is 4. The molecule has 0 aliphatic rings. The molecule has 0 atom stereocenters. The monoisotopic (exact) mass is 737 g/mol. The number of aromatic nitrogens is 3. The number of benzene rings is 8. The molecule has 0 spiro atoms. The summed E-state index contributed by atoms with van der Waals surface area (Å²) in [6.45, 7) is 0. The lowest BCUT2D eigenvalue weighted by molar-refractivity contribution is 0.669. The van der Waals surface area contributed by atoms with Crippen LogP contribution in [-0.4, -0.2) is 15.0 Å². The first-order chi connectivity index (χ1) is 27.8. The highest BCUT2D eigenvalue weighted by Crippen LogP contribution is 2.73. The molecule has 56 heavy (non-hydrogen) atoms. The Hall–Kier alpha value is -7.08. The van der Waals surface area contributed by atoms with Gasteiger partial charge >= 0.3 is 0 Å². The van der Waals surface area contributed by atoms with Crippen molar-refractivity contribution in [2.75, 3.05) is 0 Å². The van der Waals surface area contributed by atoms with Gasteiger partial charge in [0.15, 0.2) is 17.5 Å². The Morgan fingerprint density at radius 1 is 0.304 bits per heavy atom. The summed E-state index contributed by atoms with van der Waals surface area (Å²) < 4.78 is 6.29. The molecule has 0 aliphatic carbocycles. The molecule has 0 aliphatic heterocycles. The van der Waals surface area contributed by atoms with Crippen molar-refractivity contribution in [3.05, 3.63) is 212 Å². The average Bonchev–Trinajstić information content (AvgIpc) is 3.67. The molecule has 0 N–H and O–H groups in total. The highest BCUT2D eigenvalue weighted by molar-refractivity contribution is 8.34. The van der Waals surface area contributed by atoms with Crippen molar-refractivity contribution in [1.29, 1.82) is 0 Å². The van der Waals surface area contributed by atoms with Gasteiger partial charge in [0.2, 0.25) is 0 Å². The van der Waals surface area contributed by atoms with Gasteiger partial charge in [-0.25, -0.2) is 15.0 Å². The maximum atomic E-state index is 6.29. The second kappa shape index (κ2) is 14.3. The molecule has 0 amide bonds. The molecule has 0 fully saturated rings. The fourth-order valence-corrected chi connectivity index (χ4v) is 11.5. The molecule has 10 aromatic rings. The minimum atomic E-state index is -1.84. The quantitative estimate of drug-likeness (QED) is 0.156. The van der Waals surface area contributed by atoms with Crippen LogP contribution in [0.25, 0.3) is 67.2 Å². The van der Waals surface area contributed by atoms with E-state index in [4.69, 9.17) is 19.4 Å². The van der Waals surface area contributed by atoms with Crippen LogP contribution in [0.15, 0.2) is 236 Å². The van der Waals surface area contributed by atoms with Crippen LogP contribution in [0.3, 0.4) is 0 Å². The van der Waals surface area contributed by atoms with Gasteiger partial charge in [0.05, 0.1) is 0 Å². The number of rotatable bonds is 8. The van der Waals surface area contributed by atoms with E-state index < -0.39 is 10.0 Å². The standard InChI is InChI=1S/C51H35N3OS/c1-5-16-36(17-6-1)37-28-30-38(31-29-37)49-52-50(54-51(53-49)45-25-15-27-47-48(45)44-24-13-14-26-46(44)55-47)39-32-34-43(35-33-39)56(40-18-7-2-8-19-40,41-20-9-3-10-21-41)42-22-11-4-12-23-42/h1-35H. The van der Waals surface area contributed by atoms with Gasteiger partial charge in [-0.05, 0) is 71.8 Å². The smallest absolute Gasteiger partial charge is 0.164 e. The second-order valence-corrected chi connectivity index (χ2v) is 16.7. The van der Waals surface area contributed by atoms with E-state index in [2.05, 4.69) is 176 Å². The molecule has 0 saturated carbocycles. The van der Waals surface area contributed by atoms with Gasteiger partial charge in [-0.2, -0.15) is 0 Å². The second-order valence-electron chi connectivity index (χ2n) is 13.6. The maximum Gasteiger partial charge on any atom is 0.164 e. The van der Waals surface area contributed by atoms with Crippen LogP contribution in [-0.2, 0) is 0 Å². The molecule has 0 bridgehead atoms. The van der Waals surface area contributed by atoms with Crippen LogP contribution < -0.4 is 0 Å². The van der Waals surface area contributed by atoms with Crippen molar-refractivity contribution in [3.8, 4) is 45.3 Å². The largest absolute Gasteiger partial charge is 0.456 e. The highest BCUT2D eigenvalue weighted by atomic mass is 32.3. The van der Waals surface area contributed by atoms with Crippen LogP contribution in [0, 0.1) is 0 Å². The van der Waals surface area contributed by atoms with E-state index in [-0.39, 0.29) is 0 Å². The van der Waals surface area contributed by atoms with Crippen molar-refractivity contribution in [3.63, 3.8) is 0 Å². The average molecular weight is 738 g/mol. The van der Waals surface area contributed by atoms with E-state index >= 15 is 0 Å². The molecule has 5 heteroatoms. The minimum Gasteiger partial charge on any atom is -0.456 e. The van der Waals surface area contributed by atoms with E-state index in [1.165, 1.54) is 19.6 Å². The molecule has 0 saturated heterocycles. The maximum absolute atomic E-state index is 6.29. The molecular formula is C51H35N3OS. The Morgan fingerprint density at radius 2 is 0.714 bits per heavy atom. The number of hydrogen-bond donors (Lipinski definition) is 0. The Balaban J connectivity index is 1.15. The van der Waals surface area contributed by atoms with Crippen molar-refractivity contribution in [2.45, 2.75) is 19.6 Å². The van der Waals surface area contributed by atoms with Crippen LogP contribution in [0.1, 0.15) is 0 Å². The molecule has 10 rings (SSSR count). The normalized spacial score (nSPS) is 11.9. The van der Waals surface area contributed by atoms with E-state index in [1.807, 2.05) is 36.4 Å². The molecular weight excluding hydrogens is 703 g/mol. The summed E-state index contributed by atoms with van der Waals surface area (Å²) >= 11 is 0. The Morgan fingerprint density at radius 3 is 1.29 bits per heavy atom. The van der Waals surface area contributed by atoms with Gasteiger partial charge in [-0.15, -0.1) is 10.0 Å². The highest BCUT2D eigenvalue weighted by Gasteiger charge is 2.33. The van der Waals surface area contributed by atoms with Crippen LogP contribution in [0.2, 0.25) is 0 Å². The number of para-hydroxylation sites is 1. The number of nitrogens with zero attached hydrogens (tertiary/aromatic N) is 3. The van der Waals surface area contributed by atoms with Crippen molar-refractivity contribution >= 4 is 32.0 Å². The zero-order valence-electron chi connectivity index (χ0n) is 30.4. The molecule has 0 radical (unpaired) electrons. The van der Waals surface area contributed by atoms with Crippen molar-refractivity contribution in [2.24, 2.45) is 0 Å². The van der Waals surface area contributed by atoms with Crippen LogP contribution in [0.5, 0.6) is 0 Å². The van der Waals surface area contributed by atoms with E-state index in [9.17, 15) is 0 Å². The first-order valence-corrected chi connectivity index (χ1v) is 20.3. The Labute approximate surface area is 327 Å². The fraction of sp³-hybridized carbons (Fsp3) is 0. The van der Waals surface area contributed by atoms with Gasteiger partial charge in [0.1, 0.15) is 11.2 Å². The third kappa shape index (κ3) is 5.86. The van der Waals surface area contributed by atoms with Gasteiger partial charge in [0, 0.05) is 47.0 Å². The molecule has 4 nitrogen and oxygen atoms in total. The summed E-state index contributed by atoms with van der Waals surface area (Å²) in [6, 6.07) is 74.6. The first kappa shape index (κ1) is 33.5. The van der Waals surface area contributed by atoms with Gasteiger partial charge in [-0.1, -0.05) is 152 Å². The summed E-state index contributed by atoms with van der Waals surface area (Å²) in [7, 11) is -1.84. The van der Waals surface area contributed by atoms with Gasteiger partial charge in [-0.3, -0.25) is 0 Å². The fourth-order valence-electron chi connectivity index (χ4n) is 7.66. The molecule has 8 aromatic carbocycles. The van der Waals surface area contributed by atoms with Crippen LogP contribution in [0.4, 0.5) is 0 Å². The Bertz CT molecular complexity index is 2840. The summed E-state index contributed by atoms with van der Waals surface area (Å²) in [6.07, 6.45) is 0. The number of furan rings is 1. The van der Waals surface area contributed by atoms with E-state index in [0.717, 1.165) is 49.8 Å². The van der Waals surface area contributed by atoms with E-state index in [1.54, 1.807) is 0 Å². The van der Waals surface area contributed by atoms with Gasteiger partial charge in [0.25, 0.3) is 0 Å². The lowest BCUT2D eigenvalue weighted by atomic mass is 10.0. The summed E-state index contributed by atoms with van der Waals surface area (Å²) in [5, 5.41) is 2.02. The van der Waals surface area contributed by atoms with Gasteiger partial charge < -0.3 is 4.42 Å². The third-order valence-corrected chi connectivity index (χ3v) is 14.2. The molecule has 2 aromatic heterocycles. The van der Waals surface area contributed by atoms with Crippen molar-refractivity contribution < 1.29 is 4.42 Å². The molecule has 266 valence electrons. The lowest BCUT2D eigenvalue weighted by Gasteiger charge is -2.42. The zero-order valence-corrected chi connectivity index (χ0v) is 31.2.